The molecule has 1 aromatic heterocycles. The molecule has 1 saturated heterocycles. The van der Waals surface area contributed by atoms with Crippen molar-refractivity contribution in [2.75, 3.05) is 13.1 Å². The molecule has 2 atom stereocenters. The van der Waals surface area contributed by atoms with Gasteiger partial charge in [0, 0.05) is 17.1 Å². The molecule has 0 spiro atoms. The summed E-state index contributed by atoms with van der Waals surface area (Å²) in [5, 5.41) is 1.78. The van der Waals surface area contributed by atoms with Gasteiger partial charge in [-0.3, -0.25) is 0 Å². The molecule has 102 valence electrons. The van der Waals surface area contributed by atoms with Crippen LogP contribution in [-0.2, 0) is 10.0 Å². The van der Waals surface area contributed by atoms with Gasteiger partial charge in [0.05, 0.1) is 0 Å². The van der Waals surface area contributed by atoms with Gasteiger partial charge in [-0.1, -0.05) is 0 Å². The highest BCUT2D eigenvalue weighted by atomic mass is 79.9. The average Bonchev–Trinajstić information content (AvgIpc) is 2.76. The maximum Gasteiger partial charge on any atom is 0.253 e. The smallest absolute Gasteiger partial charge is 0.253 e. The zero-order chi connectivity index (χ0) is 13.3. The van der Waals surface area contributed by atoms with Gasteiger partial charge < -0.3 is 5.73 Å². The zero-order valence-corrected chi connectivity index (χ0v) is 13.4. The summed E-state index contributed by atoms with van der Waals surface area (Å²) in [6, 6.07) is 1.82. The highest BCUT2D eigenvalue weighted by Gasteiger charge is 2.35. The van der Waals surface area contributed by atoms with E-state index in [0.29, 0.717) is 21.8 Å². The van der Waals surface area contributed by atoms with Crippen molar-refractivity contribution in [3.8, 4) is 0 Å². The van der Waals surface area contributed by atoms with Crippen LogP contribution in [0.2, 0.25) is 0 Å². The highest BCUT2D eigenvalue weighted by molar-refractivity contribution is 9.10. The third-order valence-electron chi connectivity index (χ3n) is 3.38. The molecule has 1 aromatic rings. The molecule has 2 rings (SSSR count). The Morgan fingerprint density at radius 2 is 2.28 bits per heavy atom. The standard InChI is InChI=1S/C11H17BrN2O2S2/c1-8-2-3-9(6-13)7-14(8)18(15,16)11-10(12)4-5-17-11/h4-5,8-9H,2-3,6-7,13H2,1H3. The van der Waals surface area contributed by atoms with Crippen LogP contribution in [0.25, 0.3) is 0 Å². The summed E-state index contributed by atoms with van der Waals surface area (Å²) in [6.45, 7) is 3.04. The third kappa shape index (κ3) is 2.65. The van der Waals surface area contributed by atoms with E-state index in [1.807, 2.05) is 6.92 Å². The highest BCUT2D eigenvalue weighted by Crippen LogP contribution is 2.34. The normalized spacial score (nSPS) is 26.4. The molecule has 2 heterocycles. The molecular weight excluding hydrogens is 336 g/mol. The summed E-state index contributed by atoms with van der Waals surface area (Å²) in [5.41, 5.74) is 5.67. The number of piperidine rings is 1. The molecule has 1 fully saturated rings. The van der Waals surface area contributed by atoms with Crippen LogP contribution in [0.5, 0.6) is 0 Å². The van der Waals surface area contributed by atoms with Gasteiger partial charge in [0.1, 0.15) is 4.21 Å². The summed E-state index contributed by atoms with van der Waals surface area (Å²) in [5.74, 6) is 0.273. The summed E-state index contributed by atoms with van der Waals surface area (Å²) in [6.07, 6.45) is 1.89. The van der Waals surface area contributed by atoms with Crippen LogP contribution in [0.3, 0.4) is 0 Å². The SMILES string of the molecule is CC1CCC(CN)CN1S(=O)(=O)c1sccc1Br. The molecule has 1 aliphatic rings. The second kappa shape index (κ2) is 5.58. The first-order valence-corrected chi connectivity index (χ1v) is 9.03. The number of nitrogens with zero attached hydrogens (tertiary/aromatic N) is 1. The van der Waals surface area contributed by atoms with E-state index < -0.39 is 10.0 Å². The van der Waals surface area contributed by atoms with E-state index in [2.05, 4.69) is 15.9 Å². The van der Waals surface area contributed by atoms with Crippen molar-refractivity contribution >= 4 is 37.3 Å². The summed E-state index contributed by atoms with van der Waals surface area (Å²) >= 11 is 4.55. The molecule has 0 aromatic carbocycles. The lowest BCUT2D eigenvalue weighted by Crippen LogP contribution is -2.46. The summed E-state index contributed by atoms with van der Waals surface area (Å²) < 4.78 is 27.9. The lowest BCUT2D eigenvalue weighted by Gasteiger charge is -2.36. The predicted molar refractivity (Wildman–Crippen MR) is 77.2 cm³/mol. The van der Waals surface area contributed by atoms with Crippen molar-refractivity contribution in [1.29, 1.82) is 0 Å². The number of rotatable bonds is 3. The second-order valence-corrected chi connectivity index (χ2v) is 8.52. The fourth-order valence-electron chi connectivity index (χ4n) is 2.24. The first-order chi connectivity index (χ1) is 8.46. The third-order valence-corrected chi connectivity index (χ3v) is 8.01. The maximum absolute atomic E-state index is 12.6. The largest absolute Gasteiger partial charge is 0.330 e. The molecule has 2 unspecified atom stereocenters. The molecule has 0 saturated carbocycles. The fraction of sp³-hybridized carbons (Fsp3) is 0.636. The first-order valence-electron chi connectivity index (χ1n) is 5.91. The van der Waals surface area contributed by atoms with E-state index in [-0.39, 0.29) is 12.0 Å². The Morgan fingerprint density at radius 1 is 1.56 bits per heavy atom. The van der Waals surface area contributed by atoms with Crippen LogP contribution < -0.4 is 5.73 Å². The summed E-state index contributed by atoms with van der Waals surface area (Å²) in [4.78, 5) is 0. The van der Waals surface area contributed by atoms with Gasteiger partial charge in [0.25, 0.3) is 10.0 Å². The number of halogens is 1. The van der Waals surface area contributed by atoms with Gasteiger partial charge in [-0.15, -0.1) is 11.3 Å². The van der Waals surface area contributed by atoms with Crippen LogP contribution in [0, 0.1) is 5.92 Å². The lowest BCUT2D eigenvalue weighted by molar-refractivity contribution is 0.211. The molecule has 18 heavy (non-hydrogen) atoms. The Kier molecular flexibility index (Phi) is 4.48. The zero-order valence-electron chi connectivity index (χ0n) is 10.2. The molecule has 1 aliphatic heterocycles. The van der Waals surface area contributed by atoms with Crippen molar-refractivity contribution < 1.29 is 8.42 Å². The maximum atomic E-state index is 12.6. The Bertz CT molecular complexity index is 515. The minimum absolute atomic E-state index is 0.0480. The van der Waals surface area contributed by atoms with Crippen molar-refractivity contribution in [3.05, 3.63) is 15.9 Å². The molecule has 4 nitrogen and oxygen atoms in total. The molecule has 7 heteroatoms. The van der Waals surface area contributed by atoms with Crippen LogP contribution in [-0.4, -0.2) is 31.9 Å². The average molecular weight is 353 g/mol. The van der Waals surface area contributed by atoms with Crippen molar-refractivity contribution in [3.63, 3.8) is 0 Å². The number of nitrogens with two attached hydrogens (primary N) is 1. The van der Waals surface area contributed by atoms with Gasteiger partial charge in [-0.25, -0.2) is 8.42 Å². The van der Waals surface area contributed by atoms with E-state index in [1.54, 1.807) is 15.8 Å². The predicted octanol–water partition coefficient (Wildman–Crippen LogP) is 2.26. The molecule has 0 bridgehead atoms. The minimum Gasteiger partial charge on any atom is -0.330 e. The number of thiophene rings is 1. The number of hydrogen-bond donors (Lipinski definition) is 1. The quantitative estimate of drug-likeness (QED) is 0.907. The van der Waals surface area contributed by atoms with Crippen LogP contribution in [0.4, 0.5) is 0 Å². The van der Waals surface area contributed by atoms with E-state index in [9.17, 15) is 8.42 Å². The molecular formula is C11H17BrN2O2S2. The Balaban J connectivity index is 2.31. The van der Waals surface area contributed by atoms with Crippen molar-refractivity contribution in [2.24, 2.45) is 11.7 Å². The van der Waals surface area contributed by atoms with E-state index in [4.69, 9.17) is 5.73 Å². The lowest BCUT2D eigenvalue weighted by atomic mass is 9.96. The van der Waals surface area contributed by atoms with Gasteiger partial charge in [0.2, 0.25) is 0 Å². The van der Waals surface area contributed by atoms with Crippen molar-refractivity contribution in [2.45, 2.75) is 30.0 Å². The second-order valence-electron chi connectivity index (χ2n) is 4.66. The Morgan fingerprint density at radius 3 is 2.83 bits per heavy atom. The topological polar surface area (TPSA) is 63.4 Å². The van der Waals surface area contributed by atoms with Gasteiger partial charge in [-0.2, -0.15) is 4.31 Å². The van der Waals surface area contributed by atoms with Gasteiger partial charge >= 0.3 is 0 Å². The van der Waals surface area contributed by atoms with E-state index in [0.717, 1.165) is 12.8 Å². The Labute approximate surface area is 120 Å². The molecule has 2 N–H and O–H groups in total. The van der Waals surface area contributed by atoms with Gasteiger partial charge in [0.15, 0.2) is 0 Å². The van der Waals surface area contributed by atoms with Crippen LogP contribution >= 0.6 is 27.3 Å². The van der Waals surface area contributed by atoms with Crippen molar-refractivity contribution in [1.82, 2.24) is 4.31 Å². The van der Waals surface area contributed by atoms with Gasteiger partial charge in [-0.05, 0) is 59.6 Å². The van der Waals surface area contributed by atoms with E-state index in [1.165, 1.54) is 11.3 Å². The van der Waals surface area contributed by atoms with Crippen LogP contribution in [0.1, 0.15) is 19.8 Å². The first kappa shape index (κ1) is 14.5. The van der Waals surface area contributed by atoms with Crippen LogP contribution in [0.15, 0.2) is 20.1 Å². The summed E-state index contributed by atoms with van der Waals surface area (Å²) in [7, 11) is -3.39. The number of hydrogen-bond acceptors (Lipinski definition) is 4. The number of sulfonamides is 1. The Hall–Kier alpha value is 0.0500. The monoisotopic (exact) mass is 352 g/mol. The minimum atomic E-state index is -3.39. The fourth-order valence-corrected chi connectivity index (χ4v) is 6.41. The molecule has 0 aliphatic carbocycles. The molecule has 0 radical (unpaired) electrons. The van der Waals surface area contributed by atoms with E-state index >= 15 is 0 Å². The molecule has 0 amide bonds.